The molecule has 0 unspecified atom stereocenters. The number of carbonyl (C=O) groups is 2. The first-order valence-electron chi connectivity index (χ1n) is 10.5. The maximum absolute atomic E-state index is 13.0. The number of nitrogens with zero attached hydrogens (tertiary/aromatic N) is 1. The lowest BCUT2D eigenvalue weighted by molar-refractivity contribution is -0.123. The molecule has 4 rings (SSSR count). The Morgan fingerprint density at radius 2 is 1.80 bits per heavy atom. The summed E-state index contributed by atoms with van der Waals surface area (Å²) >= 11 is 19.5. The minimum atomic E-state index is -0.416. The molecular weight excluding hydrogens is 529 g/mol. The molecular formula is C26H20Cl3NO4S. The summed E-state index contributed by atoms with van der Waals surface area (Å²) < 4.78 is 11.4. The van der Waals surface area contributed by atoms with Crippen molar-refractivity contribution >= 4 is 63.8 Å². The average Bonchev–Trinajstić information content (AvgIpc) is 3.07. The normalized spacial score (nSPS) is 14.7. The van der Waals surface area contributed by atoms with Crippen LogP contribution in [0.15, 0.2) is 59.5 Å². The smallest absolute Gasteiger partial charge is 0.293 e. The van der Waals surface area contributed by atoms with Crippen molar-refractivity contribution in [2.24, 2.45) is 0 Å². The van der Waals surface area contributed by atoms with Crippen molar-refractivity contribution in [2.75, 3.05) is 7.11 Å². The van der Waals surface area contributed by atoms with Crippen molar-refractivity contribution in [1.29, 1.82) is 0 Å². The Bertz CT molecular complexity index is 1340. The molecule has 1 saturated heterocycles. The second-order valence-electron chi connectivity index (χ2n) is 7.82. The van der Waals surface area contributed by atoms with Crippen LogP contribution in [0.1, 0.15) is 22.3 Å². The number of halogens is 3. The number of imide groups is 1. The molecule has 0 saturated carbocycles. The molecule has 1 aliphatic rings. The van der Waals surface area contributed by atoms with Gasteiger partial charge < -0.3 is 9.47 Å². The Balaban J connectivity index is 1.54. The summed E-state index contributed by atoms with van der Waals surface area (Å²) in [5.74, 6) is 0.405. The van der Waals surface area contributed by atoms with E-state index in [0.717, 1.165) is 27.8 Å². The highest BCUT2D eigenvalue weighted by atomic mass is 35.5. The van der Waals surface area contributed by atoms with Gasteiger partial charge >= 0.3 is 0 Å². The number of aryl methyl sites for hydroxylation is 1. The first-order valence-corrected chi connectivity index (χ1v) is 12.5. The predicted molar refractivity (Wildman–Crippen MR) is 141 cm³/mol. The number of methoxy groups -OCH3 is 1. The van der Waals surface area contributed by atoms with E-state index in [1.54, 1.807) is 36.4 Å². The molecule has 0 spiro atoms. The van der Waals surface area contributed by atoms with Crippen LogP contribution in [0.25, 0.3) is 6.08 Å². The summed E-state index contributed by atoms with van der Waals surface area (Å²) in [5, 5.41) is 0.807. The second kappa shape index (κ2) is 11.0. The summed E-state index contributed by atoms with van der Waals surface area (Å²) in [6, 6.07) is 16.3. The Labute approximate surface area is 222 Å². The molecule has 0 radical (unpaired) electrons. The van der Waals surface area contributed by atoms with E-state index in [0.29, 0.717) is 44.3 Å². The van der Waals surface area contributed by atoms with E-state index >= 15 is 0 Å². The quantitative estimate of drug-likeness (QED) is 0.282. The Morgan fingerprint density at radius 3 is 2.51 bits per heavy atom. The van der Waals surface area contributed by atoms with Gasteiger partial charge in [0, 0.05) is 10.0 Å². The average molecular weight is 549 g/mol. The number of carbonyl (C=O) groups excluding carboxylic acids is 2. The highest BCUT2D eigenvalue weighted by Gasteiger charge is 2.35. The minimum Gasteiger partial charge on any atom is -0.493 e. The third kappa shape index (κ3) is 5.96. The van der Waals surface area contributed by atoms with Gasteiger partial charge in [0.1, 0.15) is 6.61 Å². The number of rotatable bonds is 7. The van der Waals surface area contributed by atoms with E-state index in [9.17, 15) is 9.59 Å². The molecule has 3 aromatic rings. The van der Waals surface area contributed by atoms with Crippen molar-refractivity contribution in [3.63, 3.8) is 0 Å². The van der Waals surface area contributed by atoms with Crippen LogP contribution in [0.5, 0.6) is 11.5 Å². The molecule has 0 aliphatic carbocycles. The molecule has 0 N–H and O–H groups in total. The highest BCUT2D eigenvalue weighted by Crippen LogP contribution is 2.40. The van der Waals surface area contributed by atoms with Crippen molar-refractivity contribution < 1.29 is 19.1 Å². The summed E-state index contributed by atoms with van der Waals surface area (Å²) in [6.45, 7) is 2.38. The zero-order chi connectivity index (χ0) is 25.1. The second-order valence-corrected chi connectivity index (χ2v) is 10.1. The first kappa shape index (κ1) is 25.5. The van der Waals surface area contributed by atoms with Crippen LogP contribution in [-0.4, -0.2) is 23.2 Å². The van der Waals surface area contributed by atoms with Crippen molar-refractivity contribution in [3.8, 4) is 11.5 Å². The van der Waals surface area contributed by atoms with Gasteiger partial charge in [-0.3, -0.25) is 14.5 Å². The van der Waals surface area contributed by atoms with Crippen LogP contribution < -0.4 is 9.47 Å². The number of thioether (sulfide) groups is 1. The summed E-state index contributed by atoms with van der Waals surface area (Å²) in [7, 11) is 1.51. The summed E-state index contributed by atoms with van der Waals surface area (Å²) in [5.41, 5.74) is 3.36. The summed E-state index contributed by atoms with van der Waals surface area (Å²) in [6.07, 6.45) is 1.60. The topological polar surface area (TPSA) is 55.8 Å². The van der Waals surface area contributed by atoms with Gasteiger partial charge in [0.15, 0.2) is 11.5 Å². The van der Waals surface area contributed by atoms with Gasteiger partial charge in [0.2, 0.25) is 0 Å². The van der Waals surface area contributed by atoms with Crippen LogP contribution in [0.2, 0.25) is 15.1 Å². The molecule has 1 aliphatic heterocycles. The third-order valence-electron chi connectivity index (χ3n) is 5.23. The number of ether oxygens (including phenoxy) is 2. The maximum Gasteiger partial charge on any atom is 0.293 e. The van der Waals surface area contributed by atoms with Gasteiger partial charge in [-0.25, -0.2) is 0 Å². The Kier molecular flexibility index (Phi) is 7.97. The number of amides is 2. The molecule has 2 amide bonds. The van der Waals surface area contributed by atoms with Crippen LogP contribution in [0.3, 0.4) is 0 Å². The molecule has 5 nitrogen and oxygen atoms in total. The Hall–Kier alpha value is -2.64. The minimum absolute atomic E-state index is 0.0494. The lowest BCUT2D eigenvalue weighted by Crippen LogP contribution is -2.27. The van der Waals surface area contributed by atoms with E-state index in [1.807, 2.05) is 31.2 Å². The molecule has 180 valence electrons. The van der Waals surface area contributed by atoms with E-state index in [-0.39, 0.29) is 16.7 Å². The van der Waals surface area contributed by atoms with Gasteiger partial charge in [-0.05, 0) is 65.7 Å². The predicted octanol–water partition coefficient (Wildman–Crippen LogP) is 7.78. The van der Waals surface area contributed by atoms with E-state index in [1.165, 1.54) is 7.11 Å². The number of hydrogen-bond donors (Lipinski definition) is 0. The van der Waals surface area contributed by atoms with Crippen molar-refractivity contribution in [1.82, 2.24) is 4.90 Å². The lowest BCUT2D eigenvalue weighted by atomic mass is 10.1. The van der Waals surface area contributed by atoms with Crippen LogP contribution >= 0.6 is 46.6 Å². The lowest BCUT2D eigenvalue weighted by Gasteiger charge is -2.14. The van der Waals surface area contributed by atoms with Crippen LogP contribution in [-0.2, 0) is 17.9 Å². The van der Waals surface area contributed by atoms with E-state index in [4.69, 9.17) is 44.3 Å². The highest BCUT2D eigenvalue weighted by molar-refractivity contribution is 8.18. The van der Waals surface area contributed by atoms with Crippen molar-refractivity contribution in [2.45, 2.75) is 20.1 Å². The summed E-state index contributed by atoms with van der Waals surface area (Å²) in [4.78, 5) is 26.9. The third-order valence-corrected chi connectivity index (χ3v) is 7.01. The largest absolute Gasteiger partial charge is 0.493 e. The molecule has 3 aromatic carbocycles. The number of benzene rings is 3. The van der Waals surface area contributed by atoms with E-state index < -0.39 is 5.91 Å². The van der Waals surface area contributed by atoms with Gasteiger partial charge in [0.05, 0.1) is 23.6 Å². The molecule has 0 atom stereocenters. The molecule has 1 heterocycles. The monoisotopic (exact) mass is 547 g/mol. The van der Waals surface area contributed by atoms with Gasteiger partial charge in [0.25, 0.3) is 11.1 Å². The first-order chi connectivity index (χ1) is 16.7. The molecule has 35 heavy (non-hydrogen) atoms. The van der Waals surface area contributed by atoms with E-state index in [2.05, 4.69) is 0 Å². The maximum atomic E-state index is 13.0. The zero-order valence-electron chi connectivity index (χ0n) is 18.8. The fourth-order valence-corrected chi connectivity index (χ4v) is 5.11. The van der Waals surface area contributed by atoms with Gasteiger partial charge in [-0.15, -0.1) is 0 Å². The van der Waals surface area contributed by atoms with Gasteiger partial charge in [-0.2, -0.15) is 0 Å². The molecule has 1 fully saturated rings. The van der Waals surface area contributed by atoms with Gasteiger partial charge in [-0.1, -0.05) is 70.7 Å². The standard InChI is InChI=1S/C26H20Cl3NO4S/c1-15-4-3-5-16(8-15)14-34-24-21(29)9-17(10-22(24)33-2)11-23-25(31)30(26(32)35-23)13-18-6-7-19(27)12-20(18)28/h3-12H,13-14H2,1-2H3/b23-11-. The molecule has 9 heteroatoms. The molecule has 0 aromatic heterocycles. The molecule has 0 bridgehead atoms. The Morgan fingerprint density at radius 1 is 1.00 bits per heavy atom. The van der Waals surface area contributed by atoms with Crippen LogP contribution in [0.4, 0.5) is 4.79 Å². The fraction of sp³-hybridized carbons (Fsp3) is 0.154. The van der Waals surface area contributed by atoms with Crippen LogP contribution in [0, 0.1) is 6.92 Å². The number of hydrogen-bond acceptors (Lipinski definition) is 5. The fourth-order valence-electron chi connectivity index (χ4n) is 3.53. The SMILES string of the molecule is COc1cc(/C=C2\SC(=O)N(Cc3ccc(Cl)cc3Cl)C2=O)cc(Cl)c1OCc1cccc(C)c1. The zero-order valence-corrected chi connectivity index (χ0v) is 21.9. The van der Waals surface area contributed by atoms with Crippen molar-refractivity contribution in [3.05, 3.63) is 96.8 Å².